The summed E-state index contributed by atoms with van der Waals surface area (Å²) in [6.07, 6.45) is -1.09. The van der Waals surface area contributed by atoms with Gasteiger partial charge in [0.25, 0.3) is 0 Å². The summed E-state index contributed by atoms with van der Waals surface area (Å²) in [7, 11) is 0. The summed E-state index contributed by atoms with van der Waals surface area (Å²) in [6, 6.07) is 5.64. The molecule has 1 aromatic rings. The first-order chi connectivity index (χ1) is 11.7. The van der Waals surface area contributed by atoms with E-state index in [2.05, 4.69) is 5.32 Å². The lowest BCUT2D eigenvalue weighted by Gasteiger charge is -2.30. The van der Waals surface area contributed by atoms with Crippen molar-refractivity contribution >= 4 is 5.97 Å². The van der Waals surface area contributed by atoms with Crippen LogP contribution in [0.2, 0.25) is 0 Å². The maximum atomic E-state index is 11.2. The zero-order chi connectivity index (χ0) is 18.6. The highest BCUT2D eigenvalue weighted by molar-refractivity contribution is 5.66. The average molecular weight is 351 g/mol. The fourth-order valence-electron chi connectivity index (χ4n) is 2.87. The van der Waals surface area contributed by atoms with Crippen molar-refractivity contribution in [1.82, 2.24) is 5.32 Å². The van der Waals surface area contributed by atoms with Gasteiger partial charge in [-0.25, -0.2) is 0 Å². The van der Waals surface area contributed by atoms with Crippen LogP contribution >= 0.6 is 0 Å². The predicted octanol–water partition coefficient (Wildman–Crippen LogP) is 1.21. The van der Waals surface area contributed by atoms with Crippen molar-refractivity contribution < 1.29 is 24.5 Å². The highest BCUT2D eigenvalue weighted by Crippen LogP contribution is 2.31. The van der Waals surface area contributed by atoms with Gasteiger partial charge in [-0.3, -0.25) is 4.79 Å². The molecule has 0 aromatic heterocycles. The van der Waals surface area contributed by atoms with Crippen LogP contribution in [-0.2, 0) is 22.4 Å². The first-order valence-electron chi connectivity index (χ1n) is 8.67. The third-order valence-electron chi connectivity index (χ3n) is 4.11. The lowest BCUT2D eigenvalue weighted by Crippen LogP contribution is -2.42. The Bertz CT molecular complexity index is 596. The maximum absolute atomic E-state index is 11.2. The van der Waals surface area contributed by atoms with E-state index in [0.717, 1.165) is 11.1 Å². The van der Waals surface area contributed by atoms with Gasteiger partial charge in [-0.2, -0.15) is 0 Å². The van der Waals surface area contributed by atoms with E-state index in [0.29, 0.717) is 25.1 Å². The molecular weight excluding hydrogens is 322 g/mol. The van der Waals surface area contributed by atoms with Crippen LogP contribution in [0.1, 0.15) is 38.8 Å². The number of esters is 1. The topological polar surface area (TPSA) is 88.0 Å². The minimum atomic E-state index is -0.715. The summed E-state index contributed by atoms with van der Waals surface area (Å²) in [6.45, 7) is 8.05. The van der Waals surface area contributed by atoms with Crippen molar-refractivity contribution in [3.05, 3.63) is 29.3 Å². The van der Waals surface area contributed by atoms with E-state index in [4.69, 9.17) is 9.47 Å². The molecule has 3 atom stereocenters. The van der Waals surface area contributed by atoms with E-state index in [1.54, 1.807) is 0 Å². The molecule has 6 nitrogen and oxygen atoms in total. The van der Waals surface area contributed by atoms with Crippen LogP contribution in [-0.4, -0.2) is 53.2 Å². The summed E-state index contributed by atoms with van der Waals surface area (Å²) in [5, 5.41) is 23.5. The van der Waals surface area contributed by atoms with Crippen molar-refractivity contribution in [2.24, 2.45) is 0 Å². The number of benzene rings is 1. The monoisotopic (exact) mass is 351 g/mol. The molecule has 2 rings (SSSR count). The quantitative estimate of drug-likeness (QED) is 0.668. The van der Waals surface area contributed by atoms with Gasteiger partial charge in [0.1, 0.15) is 24.6 Å². The molecule has 6 heteroatoms. The Balaban J connectivity index is 2.01. The van der Waals surface area contributed by atoms with Crippen LogP contribution in [0.25, 0.3) is 0 Å². The standard InChI is InChI=1S/C19H29NO5/c1-12(21)25-18-9-15-13(8-16(18)23)6-5-7-17(15)24-11-14(22)10-20-19(2,3)4/h5-7,14,16,18,20,22-23H,8-11H2,1-4H3. The molecule has 0 fully saturated rings. The van der Waals surface area contributed by atoms with E-state index in [1.165, 1.54) is 6.92 Å². The largest absolute Gasteiger partial charge is 0.491 e. The number of aliphatic hydroxyl groups is 2. The minimum Gasteiger partial charge on any atom is -0.491 e. The van der Waals surface area contributed by atoms with Crippen molar-refractivity contribution in [3.8, 4) is 5.75 Å². The van der Waals surface area contributed by atoms with Gasteiger partial charge in [0.15, 0.2) is 0 Å². The number of ether oxygens (including phenoxy) is 2. The molecular formula is C19H29NO5. The Morgan fingerprint density at radius 1 is 1.36 bits per heavy atom. The molecule has 3 N–H and O–H groups in total. The lowest BCUT2D eigenvalue weighted by molar-refractivity contribution is -0.152. The Kier molecular flexibility index (Phi) is 6.43. The molecule has 0 saturated heterocycles. The number of nitrogens with one attached hydrogen (secondary N) is 1. The Hall–Kier alpha value is -1.63. The Morgan fingerprint density at radius 2 is 2.08 bits per heavy atom. The normalized spacial score (nSPS) is 21.4. The van der Waals surface area contributed by atoms with Crippen LogP contribution in [0, 0.1) is 0 Å². The number of hydrogen-bond donors (Lipinski definition) is 3. The van der Waals surface area contributed by atoms with E-state index in [-0.39, 0.29) is 12.1 Å². The highest BCUT2D eigenvalue weighted by atomic mass is 16.6. The predicted molar refractivity (Wildman–Crippen MR) is 94.7 cm³/mol. The third-order valence-corrected chi connectivity index (χ3v) is 4.11. The molecule has 0 heterocycles. The van der Waals surface area contributed by atoms with Crippen LogP contribution in [0.3, 0.4) is 0 Å². The first kappa shape index (κ1) is 19.7. The summed E-state index contributed by atoms with van der Waals surface area (Å²) in [4.78, 5) is 11.2. The number of fused-ring (bicyclic) bond motifs is 1. The molecule has 0 saturated carbocycles. The molecule has 0 radical (unpaired) electrons. The molecule has 0 amide bonds. The SMILES string of the molecule is CC(=O)OC1Cc2c(cccc2OCC(O)CNC(C)(C)C)CC1O. The second kappa shape index (κ2) is 8.17. The molecule has 1 aliphatic rings. The van der Waals surface area contributed by atoms with Crippen molar-refractivity contribution in [3.63, 3.8) is 0 Å². The summed E-state index contributed by atoms with van der Waals surface area (Å²) < 4.78 is 11.0. The number of carbonyl (C=O) groups is 1. The lowest BCUT2D eigenvalue weighted by atomic mass is 9.87. The second-order valence-electron chi connectivity index (χ2n) is 7.61. The fourth-order valence-corrected chi connectivity index (χ4v) is 2.87. The van der Waals surface area contributed by atoms with Gasteiger partial charge in [-0.1, -0.05) is 12.1 Å². The number of β-amino-alcohol motifs (C(OH)–C–C–N with tert-alkyl or cyclic N) is 1. The van der Waals surface area contributed by atoms with E-state index in [1.807, 2.05) is 39.0 Å². The summed E-state index contributed by atoms with van der Waals surface area (Å²) in [5.41, 5.74) is 1.84. The summed E-state index contributed by atoms with van der Waals surface area (Å²) >= 11 is 0. The first-order valence-corrected chi connectivity index (χ1v) is 8.67. The maximum Gasteiger partial charge on any atom is 0.303 e. The minimum absolute atomic E-state index is 0.0692. The average Bonchev–Trinajstić information content (AvgIpc) is 2.50. The van der Waals surface area contributed by atoms with Gasteiger partial charge >= 0.3 is 5.97 Å². The fraction of sp³-hybridized carbons (Fsp3) is 0.632. The molecule has 25 heavy (non-hydrogen) atoms. The van der Waals surface area contributed by atoms with Gasteiger partial charge in [-0.05, 0) is 32.4 Å². The van der Waals surface area contributed by atoms with E-state index in [9.17, 15) is 15.0 Å². The highest BCUT2D eigenvalue weighted by Gasteiger charge is 2.31. The van der Waals surface area contributed by atoms with Crippen molar-refractivity contribution in [2.45, 2.75) is 64.4 Å². The molecule has 140 valence electrons. The van der Waals surface area contributed by atoms with Gasteiger partial charge in [0.2, 0.25) is 0 Å². The number of rotatable bonds is 6. The van der Waals surface area contributed by atoms with Crippen LogP contribution in [0.4, 0.5) is 0 Å². The van der Waals surface area contributed by atoms with Crippen molar-refractivity contribution in [2.75, 3.05) is 13.2 Å². The van der Waals surface area contributed by atoms with Crippen LogP contribution in [0.15, 0.2) is 18.2 Å². The van der Waals surface area contributed by atoms with Gasteiger partial charge < -0.3 is 25.0 Å². The number of carbonyl (C=O) groups excluding carboxylic acids is 1. The van der Waals surface area contributed by atoms with E-state index < -0.39 is 24.3 Å². The van der Waals surface area contributed by atoms with Gasteiger partial charge in [-0.15, -0.1) is 0 Å². The zero-order valence-electron chi connectivity index (χ0n) is 15.4. The van der Waals surface area contributed by atoms with Gasteiger partial charge in [0, 0.05) is 37.4 Å². The van der Waals surface area contributed by atoms with Crippen molar-refractivity contribution in [1.29, 1.82) is 0 Å². The number of hydrogen-bond acceptors (Lipinski definition) is 6. The molecule has 1 aromatic carbocycles. The molecule has 0 aliphatic heterocycles. The second-order valence-corrected chi connectivity index (χ2v) is 7.61. The zero-order valence-corrected chi connectivity index (χ0v) is 15.4. The third kappa shape index (κ3) is 5.99. The number of aliphatic hydroxyl groups excluding tert-OH is 2. The molecule has 3 unspecified atom stereocenters. The van der Waals surface area contributed by atoms with E-state index >= 15 is 0 Å². The molecule has 0 bridgehead atoms. The Morgan fingerprint density at radius 3 is 2.72 bits per heavy atom. The Labute approximate surface area is 149 Å². The summed E-state index contributed by atoms with van der Waals surface area (Å²) in [5.74, 6) is 0.255. The molecule has 1 aliphatic carbocycles. The van der Waals surface area contributed by atoms with Gasteiger partial charge in [0.05, 0.1) is 6.10 Å². The molecule has 0 spiro atoms. The smallest absolute Gasteiger partial charge is 0.303 e. The van der Waals surface area contributed by atoms with Crippen LogP contribution in [0.5, 0.6) is 5.75 Å². The van der Waals surface area contributed by atoms with Crippen LogP contribution < -0.4 is 10.1 Å².